The molecule has 1 aliphatic carbocycles. The molecule has 4 nitrogen and oxygen atoms in total. The Labute approximate surface area is 145 Å². The number of anilines is 1. The molecule has 1 aromatic carbocycles. The van der Waals surface area contributed by atoms with Gasteiger partial charge in [0.15, 0.2) is 0 Å². The highest BCUT2D eigenvalue weighted by atomic mass is 32.1. The summed E-state index contributed by atoms with van der Waals surface area (Å²) in [6.45, 7) is 0.561. The Morgan fingerprint density at radius 2 is 1.71 bits per heavy atom. The minimum atomic E-state index is -0.737. The number of amides is 1. The fraction of sp³-hybridized carbons (Fsp3) is 0.368. The number of para-hydroxylation sites is 1. The molecule has 0 aliphatic heterocycles. The summed E-state index contributed by atoms with van der Waals surface area (Å²) in [7, 11) is 0. The van der Waals surface area contributed by atoms with E-state index in [0.717, 1.165) is 11.3 Å². The van der Waals surface area contributed by atoms with Crippen LogP contribution >= 0.6 is 11.3 Å². The van der Waals surface area contributed by atoms with E-state index in [2.05, 4.69) is 5.38 Å². The quantitative estimate of drug-likeness (QED) is 0.886. The van der Waals surface area contributed by atoms with E-state index >= 15 is 0 Å². The Bertz CT molecular complexity index is 676. The van der Waals surface area contributed by atoms with Gasteiger partial charge in [-0.15, -0.1) is 0 Å². The topological polar surface area (TPSA) is 57.6 Å². The molecule has 1 saturated carbocycles. The summed E-state index contributed by atoms with van der Waals surface area (Å²) < 4.78 is 0. The van der Waals surface area contributed by atoms with E-state index in [0.29, 0.717) is 32.2 Å². The number of carboxylic acids is 1. The average Bonchev–Trinajstić information content (AvgIpc) is 3.13. The maximum atomic E-state index is 13.1. The fourth-order valence-corrected chi connectivity index (χ4v) is 3.94. The van der Waals surface area contributed by atoms with E-state index in [1.807, 2.05) is 46.7 Å². The number of carboxylic acid groups (broad SMARTS) is 1. The van der Waals surface area contributed by atoms with Gasteiger partial charge in [0.05, 0.1) is 12.5 Å². The molecule has 0 saturated heterocycles. The smallest absolute Gasteiger partial charge is 0.306 e. The molecule has 5 heteroatoms. The highest BCUT2D eigenvalue weighted by molar-refractivity contribution is 7.07. The minimum Gasteiger partial charge on any atom is -0.481 e. The maximum Gasteiger partial charge on any atom is 0.306 e. The molecule has 0 bridgehead atoms. The highest BCUT2D eigenvalue weighted by Gasteiger charge is 2.32. The van der Waals surface area contributed by atoms with Gasteiger partial charge in [0, 0.05) is 11.6 Å². The van der Waals surface area contributed by atoms with Crippen molar-refractivity contribution < 1.29 is 14.7 Å². The van der Waals surface area contributed by atoms with Crippen molar-refractivity contribution in [1.29, 1.82) is 0 Å². The Kier molecular flexibility index (Phi) is 5.30. The van der Waals surface area contributed by atoms with Crippen LogP contribution in [0.25, 0.3) is 0 Å². The molecule has 24 heavy (non-hydrogen) atoms. The van der Waals surface area contributed by atoms with E-state index in [-0.39, 0.29) is 17.7 Å². The summed E-state index contributed by atoms with van der Waals surface area (Å²) in [6, 6.07) is 11.7. The van der Waals surface area contributed by atoms with Gasteiger partial charge >= 0.3 is 5.97 Å². The summed E-state index contributed by atoms with van der Waals surface area (Å²) in [5, 5.41) is 13.2. The van der Waals surface area contributed by atoms with Crippen molar-refractivity contribution in [2.45, 2.75) is 32.2 Å². The largest absolute Gasteiger partial charge is 0.481 e. The molecule has 126 valence electrons. The monoisotopic (exact) mass is 343 g/mol. The minimum absolute atomic E-state index is 0.0839. The van der Waals surface area contributed by atoms with Crippen molar-refractivity contribution in [2.75, 3.05) is 4.90 Å². The number of nitrogens with zero attached hydrogens (tertiary/aromatic N) is 1. The standard InChI is InChI=1S/C19H21NO3S/c21-18(15-6-8-16(9-7-15)19(22)23)20(12-14-10-11-24-13-14)17-4-2-1-3-5-17/h1-5,10-11,13,15-16H,6-9,12H2,(H,22,23). The van der Waals surface area contributed by atoms with Crippen molar-refractivity contribution in [1.82, 2.24) is 0 Å². The van der Waals surface area contributed by atoms with Crippen LogP contribution in [0.4, 0.5) is 5.69 Å². The normalized spacial score (nSPS) is 20.5. The van der Waals surface area contributed by atoms with Gasteiger partial charge in [-0.2, -0.15) is 11.3 Å². The molecule has 0 radical (unpaired) electrons. The molecule has 1 N–H and O–H groups in total. The third-order valence-electron chi connectivity index (χ3n) is 4.68. The first-order valence-corrected chi connectivity index (χ1v) is 9.19. The van der Waals surface area contributed by atoms with Gasteiger partial charge in [0.2, 0.25) is 5.91 Å². The number of carbonyl (C=O) groups is 2. The summed E-state index contributed by atoms with van der Waals surface area (Å²) in [5.41, 5.74) is 2.02. The second-order valence-corrected chi connectivity index (χ2v) is 7.06. The summed E-state index contributed by atoms with van der Waals surface area (Å²) >= 11 is 1.62. The number of rotatable bonds is 5. The number of thiophene rings is 1. The van der Waals surface area contributed by atoms with E-state index in [1.54, 1.807) is 11.3 Å². The first-order valence-electron chi connectivity index (χ1n) is 8.25. The van der Waals surface area contributed by atoms with E-state index in [1.165, 1.54) is 0 Å². The number of carbonyl (C=O) groups excluding carboxylic acids is 1. The first-order chi connectivity index (χ1) is 11.6. The van der Waals surface area contributed by atoms with Crippen LogP contribution in [0.2, 0.25) is 0 Å². The van der Waals surface area contributed by atoms with E-state index < -0.39 is 5.97 Å². The van der Waals surface area contributed by atoms with Gasteiger partial charge in [-0.1, -0.05) is 18.2 Å². The van der Waals surface area contributed by atoms with Crippen molar-refractivity contribution in [3.63, 3.8) is 0 Å². The lowest BCUT2D eigenvalue weighted by Crippen LogP contribution is -2.38. The number of hydrogen-bond donors (Lipinski definition) is 1. The maximum absolute atomic E-state index is 13.1. The van der Waals surface area contributed by atoms with Gasteiger partial charge in [-0.25, -0.2) is 0 Å². The lowest BCUT2D eigenvalue weighted by Gasteiger charge is -2.31. The average molecular weight is 343 g/mol. The van der Waals surface area contributed by atoms with Crippen LogP contribution < -0.4 is 4.90 Å². The molecule has 1 aliphatic rings. The number of benzene rings is 1. The zero-order valence-electron chi connectivity index (χ0n) is 13.4. The first kappa shape index (κ1) is 16.7. The van der Waals surface area contributed by atoms with Gasteiger partial charge in [0.25, 0.3) is 0 Å². The molecule has 1 fully saturated rings. The van der Waals surface area contributed by atoms with Crippen LogP contribution in [0.5, 0.6) is 0 Å². The lowest BCUT2D eigenvalue weighted by molar-refractivity contribution is -0.144. The summed E-state index contributed by atoms with van der Waals surface area (Å²) in [4.78, 5) is 26.0. The Hall–Kier alpha value is -2.14. The summed E-state index contributed by atoms with van der Waals surface area (Å²) in [5.74, 6) is -1.01. The number of aliphatic carboxylic acids is 1. The Morgan fingerprint density at radius 1 is 1.04 bits per heavy atom. The second-order valence-electron chi connectivity index (χ2n) is 6.28. The molecule has 0 atom stereocenters. The molecule has 1 aromatic heterocycles. The molecular formula is C19H21NO3S. The molecule has 1 amide bonds. The fourth-order valence-electron chi connectivity index (χ4n) is 3.28. The molecule has 3 rings (SSSR count). The molecule has 0 unspecified atom stereocenters. The van der Waals surface area contributed by atoms with Crippen LogP contribution in [0.1, 0.15) is 31.2 Å². The van der Waals surface area contributed by atoms with E-state index in [4.69, 9.17) is 5.11 Å². The zero-order valence-corrected chi connectivity index (χ0v) is 14.2. The Morgan fingerprint density at radius 3 is 2.29 bits per heavy atom. The van der Waals surface area contributed by atoms with Gasteiger partial charge in [0.1, 0.15) is 0 Å². The SMILES string of the molecule is O=C(O)C1CCC(C(=O)N(Cc2ccsc2)c2ccccc2)CC1. The molecular weight excluding hydrogens is 322 g/mol. The zero-order chi connectivity index (χ0) is 16.9. The van der Waals surface area contributed by atoms with Crippen molar-refractivity contribution in [3.8, 4) is 0 Å². The van der Waals surface area contributed by atoms with Gasteiger partial charge < -0.3 is 10.0 Å². The summed E-state index contributed by atoms with van der Waals surface area (Å²) in [6.07, 6.45) is 2.49. The predicted octanol–water partition coefficient (Wildman–Crippen LogP) is 4.17. The van der Waals surface area contributed by atoms with Crippen molar-refractivity contribution >= 4 is 28.9 Å². The lowest BCUT2D eigenvalue weighted by atomic mass is 9.81. The van der Waals surface area contributed by atoms with Crippen molar-refractivity contribution in [2.24, 2.45) is 11.8 Å². The van der Waals surface area contributed by atoms with Crippen molar-refractivity contribution in [3.05, 3.63) is 52.7 Å². The highest BCUT2D eigenvalue weighted by Crippen LogP contribution is 2.32. The third-order valence-corrected chi connectivity index (χ3v) is 5.41. The van der Waals surface area contributed by atoms with Gasteiger partial charge in [-0.05, 0) is 60.2 Å². The van der Waals surface area contributed by atoms with Crippen LogP contribution in [0, 0.1) is 11.8 Å². The van der Waals surface area contributed by atoms with Crippen LogP contribution in [-0.4, -0.2) is 17.0 Å². The second kappa shape index (κ2) is 7.62. The molecule has 0 spiro atoms. The van der Waals surface area contributed by atoms with E-state index in [9.17, 15) is 9.59 Å². The van der Waals surface area contributed by atoms with Crippen LogP contribution in [0.15, 0.2) is 47.2 Å². The predicted molar refractivity (Wildman–Crippen MR) is 95.0 cm³/mol. The number of hydrogen-bond acceptors (Lipinski definition) is 3. The molecule has 1 heterocycles. The molecule has 2 aromatic rings. The Balaban J connectivity index is 1.75. The van der Waals surface area contributed by atoms with Gasteiger partial charge in [-0.3, -0.25) is 9.59 Å². The van der Waals surface area contributed by atoms with Crippen LogP contribution in [-0.2, 0) is 16.1 Å². The van der Waals surface area contributed by atoms with Crippen LogP contribution in [0.3, 0.4) is 0 Å². The third kappa shape index (κ3) is 3.85.